The van der Waals surface area contributed by atoms with Gasteiger partial charge in [0.15, 0.2) is 6.17 Å². The molecule has 1 unspecified atom stereocenters. The number of hydrogen-bond acceptors (Lipinski definition) is 5. The van der Waals surface area contributed by atoms with Gasteiger partial charge in [-0.25, -0.2) is 0 Å². The van der Waals surface area contributed by atoms with E-state index in [1.807, 2.05) is 18.9 Å². The summed E-state index contributed by atoms with van der Waals surface area (Å²) in [6.07, 6.45) is 2.36. The van der Waals surface area contributed by atoms with Gasteiger partial charge in [-0.3, -0.25) is 14.5 Å². The van der Waals surface area contributed by atoms with Gasteiger partial charge in [0.25, 0.3) is 5.91 Å². The number of rotatable bonds is 7. The molecule has 7 heteroatoms. The first kappa shape index (κ1) is 15.5. The zero-order valence-electron chi connectivity index (χ0n) is 11.6. The van der Waals surface area contributed by atoms with E-state index in [0.29, 0.717) is 13.1 Å². The van der Waals surface area contributed by atoms with Crippen molar-refractivity contribution in [3.05, 3.63) is 11.9 Å². The predicted molar refractivity (Wildman–Crippen MR) is 72.5 cm³/mol. The van der Waals surface area contributed by atoms with Crippen molar-refractivity contribution in [1.29, 1.82) is 0 Å². The van der Waals surface area contributed by atoms with Gasteiger partial charge in [-0.05, 0) is 26.9 Å². The molecular formula is C12H23N5O2. The number of carbonyl (C=O) groups is 2. The van der Waals surface area contributed by atoms with Crippen molar-refractivity contribution in [3.63, 3.8) is 0 Å². The minimum atomic E-state index is -0.414. The molecule has 0 radical (unpaired) electrons. The second-order valence-electron chi connectivity index (χ2n) is 4.68. The Hall–Kier alpha value is -1.60. The molecule has 0 aromatic heterocycles. The van der Waals surface area contributed by atoms with E-state index in [4.69, 9.17) is 11.5 Å². The number of primary amides is 1. The lowest BCUT2D eigenvalue weighted by molar-refractivity contribution is -0.136. The van der Waals surface area contributed by atoms with E-state index in [1.165, 1.54) is 0 Å². The predicted octanol–water partition coefficient (Wildman–Crippen LogP) is -1.24. The molecule has 1 heterocycles. The van der Waals surface area contributed by atoms with E-state index >= 15 is 0 Å². The van der Waals surface area contributed by atoms with Crippen molar-refractivity contribution in [2.45, 2.75) is 25.9 Å². The molecule has 0 fully saturated rings. The van der Waals surface area contributed by atoms with Crippen LogP contribution in [0.25, 0.3) is 0 Å². The van der Waals surface area contributed by atoms with Crippen molar-refractivity contribution >= 4 is 11.8 Å². The molecule has 108 valence electrons. The first-order valence-electron chi connectivity index (χ1n) is 6.40. The molecule has 0 bridgehead atoms. The quantitative estimate of drug-likeness (QED) is 0.536. The van der Waals surface area contributed by atoms with E-state index in [0.717, 1.165) is 18.7 Å². The maximum Gasteiger partial charge on any atom is 0.264 e. The normalized spacial score (nSPS) is 19.4. The number of nitrogens with one attached hydrogen (secondary N) is 1. The summed E-state index contributed by atoms with van der Waals surface area (Å²) in [6, 6.07) is 0. The van der Waals surface area contributed by atoms with E-state index in [2.05, 4.69) is 5.32 Å². The van der Waals surface area contributed by atoms with Crippen LogP contribution in [0.2, 0.25) is 0 Å². The highest BCUT2D eigenvalue weighted by molar-refractivity contribution is 5.85. The fourth-order valence-electron chi connectivity index (χ4n) is 1.96. The molecule has 2 amide bonds. The summed E-state index contributed by atoms with van der Waals surface area (Å²) in [4.78, 5) is 26.7. The number of likely N-dealkylation sites (N-methyl/N-ethyl adjacent to an activating group) is 1. The summed E-state index contributed by atoms with van der Waals surface area (Å²) in [5.41, 5.74) is 11.4. The summed E-state index contributed by atoms with van der Waals surface area (Å²) in [5, 5.41) is 3.06. The smallest absolute Gasteiger partial charge is 0.264 e. The fraction of sp³-hybridized carbons (Fsp3) is 0.667. The lowest BCUT2D eigenvalue weighted by Crippen LogP contribution is -2.56. The highest BCUT2D eigenvalue weighted by Gasteiger charge is 2.31. The number of allylic oxidation sites excluding steroid dienone is 1. The zero-order chi connectivity index (χ0) is 14.4. The third-order valence-electron chi connectivity index (χ3n) is 3.11. The summed E-state index contributed by atoms with van der Waals surface area (Å²) >= 11 is 0. The van der Waals surface area contributed by atoms with Crippen molar-refractivity contribution in [2.75, 3.05) is 26.7 Å². The topological polar surface area (TPSA) is 105 Å². The molecule has 0 aromatic rings. The monoisotopic (exact) mass is 269 g/mol. The van der Waals surface area contributed by atoms with E-state index in [1.54, 1.807) is 11.1 Å². The van der Waals surface area contributed by atoms with Crippen LogP contribution in [0.1, 0.15) is 19.8 Å². The van der Waals surface area contributed by atoms with Gasteiger partial charge in [-0.2, -0.15) is 0 Å². The Kier molecular flexibility index (Phi) is 5.78. The molecule has 19 heavy (non-hydrogen) atoms. The van der Waals surface area contributed by atoms with Crippen LogP contribution in [0.5, 0.6) is 0 Å². The number of hydrogen-bond donors (Lipinski definition) is 3. The molecule has 0 spiro atoms. The molecule has 1 aliphatic rings. The second-order valence-corrected chi connectivity index (χ2v) is 4.68. The maximum atomic E-state index is 12.4. The summed E-state index contributed by atoms with van der Waals surface area (Å²) < 4.78 is 0. The highest BCUT2D eigenvalue weighted by atomic mass is 16.2. The lowest BCUT2D eigenvalue weighted by atomic mass is 10.2. The Morgan fingerprint density at radius 1 is 1.58 bits per heavy atom. The van der Waals surface area contributed by atoms with Crippen LogP contribution in [0.15, 0.2) is 11.9 Å². The van der Waals surface area contributed by atoms with Crippen LogP contribution in [0.3, 0.4) is 0 Å². The van der Waals surface area contributed by atoms with Crippen LogP contribution in [0, 0.1) is 0 Å². The Balaban J connectivity index is 2.67. The third kappa shape index (κ3) is 4.22. The van der Waals surface area contributed by atoms with Crippen molar-refractivity contribution in [2.24, 2.45) is 11.5 Å². The van der Waals surface area contributed by atoms with Crippen LogP contribution in [0.4, 0.5) is 0 Å². The number of carbonyl (C=O) groups excluding carboxylic acids is 2. The molecule has 0 saturated heterocycles. The van der Waals surface area contributed by atoms with E-state index in [9.17, 15) is 9.59 Å². The summed E-state index contributed by atoms with van der Waals surface area (Å²) in [5.74, 6) is -0.479. The van der Waals surface area contributed by atoms with Crippen LogP contribution in [-0.2, 0) is 9.59 Å². The molecule has 7 nitrogen and oxygen atoms in total. The Morgan fingerprint density at radius 2 is 2.26 bits per heavy atom. The molecule has 0 saturated carbocycles. The minimum absolute atomic E-state index is 0.0687. The Morgan fingerprint density at radius 3 is 2.84 bits per heavy atom. The van der Waals surface area contributed by atoms with Crippen molar-refractivity contribution in [3.8, 4) is 0 Å². The summed E-state index contributed by atoms with van der Waals surface area (Å²) in [7, 11) is 1.87. The molecule has 5 N–H and O–H groups in total. The van der Waals surface area contributed by atoms with Gasteiger partial charge in [0, 0.05) is 31.4 Å². The number of nitrogens with two attached hydrogens (primary N) is 2. The molecule has 1 aliphatic heterocycles. The highest BCUT2D eigenvalue weighted by Crippen LogP contribution is 2.13. The van der Waals surface area contributed by atoms with Gasteiger partial charge in [0.2, 0.25) is 5.91 Å². The first-order chi connectivity index (χ1) is 8.97. The van der Waals surface area contributed by atoms with Gasteiger partial charge in [0.1, 0.15) is 0 Å². The molecular weight excluding hydrogens is 246 g/mol. The van der Waals surface area contributed by atoms with E-state index in [-0.39, 0.29) is 12.3 Å². The van der Waals surface area contributed by atoms with Gasteiger partial charge >= 0.3 is 0 Å². The van der Waals surface area contributed by atoms with Gasteiger partial charge in [-0.1, -0.05) is 0 Å². The maximum absolute atomic E-state index is 12.4. The second kappa shape index (κ2) is 7.10. The lowest BCUT2D eigenvalue weighted by Gasteiger charge is -2.36. The average Bonchev–Trinajstić information content (AvgIpc) is 2.35. The Labute approximate surface area is 113 Å². The van der Waals surface area contributed by atoms with Crippen LogP contribution in [-0.4, -0.2) is 54.5 Å². The minimum Gasteiger partial charge on any atom is -0.370 e. The molecule has 1 atom stereocenters. The van der Waals surface area contributed by atoms with Crippen molar-refractivity contribution in [1.82, 2.24) is 15.1 Å². The van der Waals surface area contributed by atoms with Crippen molar-refractivity contribution < 1.29 is 9.59 Å². The standard InChI is InChI=1S/C12H23N5O2/c1-9-8-15-11(16(2)6-3-5-13)12(19)17(9)7-4-10(14)18/h8,11,15H,3-7,13H2,1-2H3,(H2,14,18). The zero-order valence-corrected chi connectivity index (χ0v) is 11.6. The van der Waals surface area contributed by atoms with Gasteiger partial charge in [-0.15, -0.1) is 0 Å². The van der Waals surface area contributed by atoms with Gasteiger partial charge in [0.05, 0.1) is 0 Å². The SMILES string of the molecule is CC1=CNC(N(C)CCCN)C(=O)N1CCC(N)=O. The third-order valence-corrected chi connectivity index (χ3v) is 3.11. The summed E-state index contributed by atoms with van der Waals surface area (Å²) in [6.45, 7) is 3.46. The average molecular weight is 269 g/mol. The molecule has 1 rings (SSSR count). The van der Waals surface area contributed by atoms with E-state index < -0.39 is 12.1 Å². The first-order valence-corrected chi connectivity index (χ1v) is 6.40. The molecule has 0 aliphatic carbocycles. The number of amides is 2. The van der Waals surface area contributed by atoms with Gasteiger partial charge < -0.3 is 21.7 Å². The van der Waals surface area contributed by atoms with Crippen LogP contribution < -0.4 is 16.8 Å². The fourth-order valence-corrected chi connectivity index (χ4v) is 1.96. The van der Waals surface area contributed by atoms with Crippen LogP contribution >= 0.6 is 0 Å². The largest absolute Gasteiger partial charge is 0.370 e. The molecule has 0 aromatic carbocycles. The number of nitrogens with zero attached hydrogens (tertiary/aromatic N) is 2. The Bertz CT molecular complexity index is 369.